The van der Waals surface area contributed by atoms with Crippen molar-refractivity contribution in [2.75, 3.05) is 6.54 Å². The number of hydrogen-bond acceptors (Lipinski definition) is 3. The second-order valence-corrected chi connectivity index (χ2v) is 6.28. The monoisotopic (exact) mass is 311 g/mol. The minimum atomic E-state index is 0.102. The molecule has 118 valence electrons. The van der Waals surface area contributed by atoms with Gasteiger partial charge in [0.05, 0.1) is 22.8 Å². The van der Waals surface area contributed by atoms with Crippen molar-refractivity contribution in [2.45, 2.75) is 58.9 Å². The van der Waals surface area contributed by atoms with Crippen molar-refractivity contribution >= 4 is 17.4 Å². The predicted molar refractivity (Wildman–Crippen MR) is 85.5 cm³/mol. The van der Waals surface area contributed by atoms with Gasteiger partial charge in [-0.05, 0) is 38.6 Å². The summed E-state index contributed by atoms with van der Waals surface area (Å²) in [4.78, 5) is 12.7. The molecule has 4 nitrogen and oxygen atoms in total. The lowest BCUT2D eigenvalue weighted by Crippen LogP contribution is -2.33. The molecule has 0 spiro atoms. The Morgan fingerprint density at radius 1 is 1.38 bits per heavy atom. The zero-order valence-corrected chi connectivity index (χ0v) is 13.8. The standard InChI is InChI=1S/C16H26ClN3O/c1-3-13-16(17)14(20(4-2)19-13)9-15(21)12-8-6-5-7-11(12)10-18/h11-12H,3-10,18H2,1-2H3. The van der Waals surface area contributed by atoms with Gasteiger partial charge in [0, 0.05) is 12.5 Å². The molecule has 0 aliphatic heterocycles. The smallest absolute Gasteiger partial charge is 0.142 e. The maximum Gasteiger partial charge on any atom is 0.142 e. The molecule has 5 heteroatoms. The van der Waals surface area contributed by atoms with Gasteiger partial charge in [0.25, 0.3) is 0 Å². The van der Waals surface area contributed by atoms with E-state index in [0.717, 1.165) is 43.6 Å². The first-order valence-electron chi connectivity index (χ1n) is 8.09. The van der Waals surface area contributed by atoms with Crippen LogP contribution in [0.15, 0.2) is 0 Å². The minimum Gasteiger partial charge on any atom is -0.330 e. The fourth-order valence-electron chi connectivity index (χ4n) is 3.40. The van der Waals surface area contributed by atoms with E-state index >= 15 is 0 Å². The van der Waals surface area contributed by atoms with E-state index in [9.17, 15) is 4.79 Å². The van der Waals surface area contributed by atoms with Gasteiger partial charge in [-0.1, -0.05) is 31.4 Å². The van der Waals surface area contributed by atoms with Gasteiger partial charge in [0.1, 0.15) is 5.78 Å². The number of rotatable bonds is 6. The molecule has 1 aliphatic rings. The summed E-state index contributed by atoms with van der Waals surface area (Å²) in [5.74, 6) is 0.725. The van der Waals surface area contributed by atoms with Crippen LogP contribution < -0.4 is 5.73 Å². The van der Waals surface area contributed by atoms with E-state index in [4.69, 9.17) is 17.3 Å². The van der Waals surface area contributed by atoms with Gasteiger partial charge in [-0.15, -0.1) is 0 Å². The van der Waals surface area contributed by atoms with E-state index in [1.807, 2.05) is 18.5 Å². The molecular weight excluding hydrogens is 286 g/mol. The molecule has 2 atom stereocenters. The molecule has 2 N–H and O–H groups in total. The lowest BCUT2D eigenvalue weighted by molar-refractivity contribution is -0.124. The minimum absolute atomic E-state index is 0.102. The number of ketones is 1. The molecule has 0 amide bonds. The molecular formula is C16H26ClN3O. The maximum absolute atomic E-state index is 12.7. The van der Waals surface area contributed by atoms with Crippen molar-refractivity contribution in [1.29, 1.82) is 0 Å². The average molecular weight is 312 g/mol. The zero-order valence-electron chi connectivity index (χ0n) is 13.1. The number of nitrogens with zero attached hydrogens (tertiary/aromatic N) is 2. The van der Waals surface area contributed by atoms with Gasteiger partial charge in [0.15, 0.2) is 0 Å². The van der Waals surface area contributed by atoms with Gasteiger partial charge >= 0.3 is 0 Å². The summed E-state index contributed by atoms with van der Waals surface area (Å²) >= 11 is 6.40. The van der Waals surface area contributed by atoms with Crippen LogP contribution in [-0.4, -0.2) is 22.1 Å². The Bertz CT molecular complexity index is 498. The van der Waals surface area contributed by atoms with Gasteiger partial charge in [-0.25, -0.2) is 0 Å². The summed E-state index contributed by atoms with van der Waals surface area (Å²) < 4.78 is 1.87. The van der Waals surface area contributed by atoms with E-state index in [0.29, 0.717) is 23.9 Å². The molecule has 1 aromatic heterocycles. The predicted octanol–water partition coefficient (Wildman–Crippen LogP) is 3.00. The molecule has 0 saturated heterocycles. The van der Waals surface area contributed by atoms with Crippen molar-refractivity contribution in [3.05, 3.63) is 16.4 Å². The topological polar surface area (TPSA) is 60.9 Å². The van der Waals surface area contributed by atoms with Crippen LogP contribution in [0.3, 0.4) is 0 Å². The Labute approximate surface area is 132 Å². The molecule has 2 unspecified atom stereocenters. The van der Waals surface area contributed by atoms with Crippen molar-refractivity contribution in [1.82, 2.24) is 9.78 Å². The molecule has 2 rings (SSSR count). The molecule has 0 aromatic carbocycles. The number of aryl methyl sites for hydroxylation is 2. The quantitative estimate of drug-likeness (QED) is 0.878. The number of Topliss-reactive ketones (excluding diaryl/α,β-unsaturated/α-hetero) is 1. The van der Waals surface area contributed by atoms with E-state index in [1.54, 1.807) is 0 Å². The number of halogens is 1. The summed E-state index contributed by atoms with van der Waals surface area (Å²) in [6.45, 7) is 5.41. The average Bonchev–Trinajstić information content (AvgIpc) is 2.83. The Hall–Kier alpha value is -0.870. The van der Waals surface area contributed by atoms with Crippen LogP contribution in [0.1, 0.15) is 50.9 Å². The zero-order chi connectivity index (χ0) is 15.4. The molecule has 1 aromatic rings. The second kappa shape index (κ2) is 7.41. The third-order valence-corrected chi connectivity index (χ3v) is 5.10. The highest BCUT2D eigenvalue weighted by Gasteiger charge is 2.31. The second-order valence-electron chi connectivity index (χ2n) is 5.91. The highest BCUT2D eigenvalue weighted by Crippen LogP contribution is 2.32. The summed E-state index contributed by atoms with van der Waals surface area (Å²) in [7, 11) is 0. The number of hydrogen-bond donors (Lipinski definition) is 1. The van der Waals surface area contributed by atoms with Crippen LogP contribution in [0.5, 0.6) is 0 Å². The van der Waals surface area contributed by atoms with Crippen LogP contribution >= 0.6 is 11.6 Å². The van der Waals surface area contributed by atoms with Crippen LogP contribution in [0.2, 0.25) is 5.02 Å². The third-order valence-electron chi connectivity index (χ3n) is 4.66. The first-order valence-corrected chi connectivity index (χ1v) is 8.46. The Morgan fingerprint density at radius 2 is 2.10 bits per heavy atom. The number of aromatic nitrogens is 2. The summed E-state index contributed by atoms with van der Waals surface area (Å²) in [6.07, 6.45) is 5.56. The summed E-state index contributed by atoms with van der Waals surface area (Å²) in [6, 6.07) is 0. The Balaban J connectivity index is 2.17. The van der Waals surface area contributed by atoms with Gasteiger partial charge in [-0.2, -0.15) is 5.10 Å². The first-order chi connectivity index (χ1) is 10.1. The van der Waals surface area contributed by atoms with Gasteiger partial charge < -0.3 is 5.73 Å². The first kappa shape index (κ1) is 16.5. The van der Waals surface area contributed by atoms with Crippen molar-refractivity contribution < 1.29 is 4.79 Å². The highest BCUT2D eigenvalue weighted by atomic mass is 35.5. The summed E-state index contributed by atoms with van der Waals surface area (Å²) in [5.41, 5.74) is 7.61. The largest absolute Gasteiger partial charge is 0.330 e. The summed E-state index contributed by atoms with van der Waals surface area (Å²) in [5, 5.41) is 5.17. The van der Waals surface area contributed by atoms with Crippen LogP contribution in [0.25, 0.3) is 0 Å². The van der Waals surface area contributed by atoms with Crippen molar-refractivity contribution in [3.63, 3.8) is 0 Å². The number of carbonyl (C=O) groups is 1. The molecule has 0 radical (unpaired) electrons. The van der Waals surface area contributed by atoms with Crippen LogP contribution in [-0.2, 0) is 24.2 Å². The fourth-order valence-corrected chi connectivity index (χ4v) is 3.73. The normalized spacial score (nSPS) is 22.5. The molecule has 0 bridgehead atoms. The van der Waals surface area contributed by atoms with Gasteiger partial charge in [-0.3, -0.25) is 9.48 Å². The molecule has 1 heterocycles. The van der Waals surface area contributed by atoms with E-state index in [-0.39, 0.29) is 11.7 Å². The van der Waals surface area contributed by atoms with E-state index < -0.39 is 0 Å². The van der Waals surface area contributed by atoms with Crippen LogP contribution in [0, 0.1) is 11.8 Å². The maximum atomic E-state index is 12.7. The molecule has 1 aliphatic carbocycles. The lowest BCUT2D eigenvalue weighted by atomic mass is 9.76. The lowest BCUT2D eigenvalue weighted by Gasteiger charge is -2.29. The number of carbonyl (C=O) groups excluding carboxylic acids is 1. The highest BCUT2D eigenvalue weighted by molar-refractivity contribution is 6.32. The van der Waals surface area contributed by atoms with Crippen LogP contribution in [0.4, 0.5) is 0 Å². The Morgan fingerprint density at radius 3 is 2.71 bits per heavy atom. The Kier molecular flexibility index (Phi) is 5.82. The van der Waals surface area contributed by atoms with E-state index in [1.165, 1.54) is 6.42 Å². The SMILES string of the molecule is CCc1nn(CC)c(CC(=O)C2CCCCC2CN)c1Cl. The van der Waals surface area contributed by atoms with E-state index in [2.05, 4.69) is 5.10 Å². The fraction of sp³-hybridized carbons (Fsp3) is 0.750. The van der Waals surface area contributed by atoms with Crippen molar-refractivity contribution in [2.24, 2.45) is 17.6 Å². The molecule has 1 fully saturated rings. The van der Waals surface area contributed by atoms with Crippen molar-refractivity contribution in [3.8, 4) is 0 Å². The number of nitrogens with two attached hydrogens (primary N) is 1. The molecule has 1 saturated carbocycles. The third kappa shape index (κ3) is 3.49. The van der Waals surface area contributed by atoms with Gasteiger partial charge in [0.2, 0.25) is 0 Å². The molecule has 21 heavy (non-hydrogen) atoms.